The zero-order valence-corrected chi connectivity index (χ0v) is 17.2. The van der Waals surface area contributed by atoms with Crippen LogP contribution in [0, 0.1) is 25.2 Å². The van der Waals surface area contributed by atoms with Gasteiger partial charge in [0.25, 0.3) is 0 Å². The van der Waals surface area contributed by atoms with Gasteiger partial charge in [-0.15, -0.1) is 0 Å². The summed E-state index contributed by atoms with van der Waals surface area (Å²) in [5.41, 5.74) is 5.03. The van der Waals surface area contributed by atoms with E-state index in [0.717, 1.165) is 22.6 Å². The molecule has 1 heterocycles. The van der Waals surface area contributed by atoms with Gasteiger partial charge in [0.2, 0.25) is 0 Å². The number of benzene rings is 2. The summed E-state index contributed by atoms with van der Waals surface area (Å²) in [7, 11) is 0. The Balaban J connectivity index is 1.79. The van der Waals surface area contributed by atoms with Crippen molar-refractivity contribution in [1.82, 2.24) is 9.78 Å². The summed E-state index contributed by atoms with van der Waals surface area (Å²) in [6, 6.07) is 14.3. The highest BCUT2D eigenvalue weighted by molar-refractivity contribution is 6.31. The van der Waals surface area contributed by atoms with E-state index in [1.165, 1.54) is 0 Å². The summed E-state index contributed by atoms with van der Waals surface area (Å²) in [4.78, 5) is 11.9. The number of aryl methyl sites for hydroxylation is 1. The number of allylic oxidation sites excluding steroid dienone is 1. The average Bonchev–Trinajstić information content (AvgIpc) is 2.99. The fraction of sp³-hybridized carbons (Fsp3) is 0.174. The van der Waals surface area contributed by atoms with E-state index in [-0.39, 0.29) is 5.78 Å². The van der Waals surface area contributed by atoms with E-state index in [0.29, 0.717) is 34.1 Å². The number of aromatic nitrogens is 2. The van der Waals surface area contributed by atoms with Gasteiger partial charge in [-0.1, -0.05) is 18.2 Å². The zero-order chi connectivity index (χ0) is 21.1. The molecule has 0 amide bonds. The Morgan fingerprint density at radius 1 is 1.24 bits per heavy atom. The molecule has 2 aromatic carbocycles. The lowest BCUT2D eigenvalue weighted by atomic mass is 10.1. The first-order valence-electron chi connectivity index (χ1n) is 9.00. The van der Waals surface area contributed by atoms with Crippen LogP contribution in [0.2, 0.25) is 5.02 Å². The average molecular weight is 406 g/mol. The van der Waals surface area contributed by atoms with Crippen LogP contribution in [0.3, 0.4) is 0 Å². The number of carbonyl (C=O) groups is 1. The molecular weight excluding hydrogens is 386 g/mol. The van der Waals surface area contributed by atoms with E-state index in [1.807, 2.05) is 19.9 Å². The first kappa shape index (κ1) is 20.4. The maximum absolute atomic E-state index is 11.9. The second-order valence-electron chi connectivity index (χ2n) is 6.76. The first-order chi connectivity index (χ1) is 13.8. The maximum Gasteiger partial charge on any atom is 0.188 e. The number of nitrogens with zero attached hydrogens (tertiary/aromatic N) is 3. The highest BCUT2D eigenvalue weighted by atomic mass is 35.5. The lowest BCUT2D eigenvalue weighted by molar-refractivity contribution is 0.103. The van der Waals surface area contributed by atoms with Crippen molar-refractivity contribution in [3.05, 3.63) is 87.7 Å². The minimum absolute atomic E-state index is 0.0782. The van der Waals surface area contributed by atoms with Crippen LogP contribution in [0.25, 0.3) is 5.69 Å². The first-order valence-corrected chi connectivity index (χ1v) is 9.37. The van der Waals surface area contributed by atoms with E-state index in [9.17, 15) is 4.79 Å². The predicted octanol–water partition coefficient (Wildman–Crippen LogP) is 5.35. The molecule has 0 unspecified atom stereocenters. The molecule has 0 aliphatic carbocycles. The van der Waals surface area contributed by atoms with Gasteiger partial charge >= 0.3 is 0 Å². The van der Waals surface area contributed by atoms with Crippen molar-refractivity contribution >= 4 is 17.4 Å². The Hall–Kier alpha value is -3.36. The third-order valence-corrected chi connectivity index (χ3v) is 4.96. The van der Waals surface area contributed by atoms with Crippen LogP contribution in [0.15, 0.2) is 54.6 Å². The van der Waals surface area contributed by atoms with Gasteiger partial charge in [0.1, 0.15) is 18.4 Å². The fourth-order valence-electron chi connectivity index (χ4n) is 2.97. The second-order valence-corrected chi connectivity index (χ2v) is 7.17. The van der Waals surface area contributed by atoms with Crippen molar-refractivity contribution in [1.29, 1.82) is 5.26 Å². The minimum atomic E-state index is -0.0782. The van der Waals surface area contributed by atoms with Crippen LogP contribution < -0.4 is 4.74 Å². The van der Waals surface area contributed by atoms with Gasteiger partial charge in [-0.3, -0.25) is 4.79 Å². The lowest BCUT2D eigenvalue weighted by Crippen LogP contribution is -2.02. The summed E-state index contributed by atoms with van der Waals surface area (Å²) < 4.78 is 7.69. The Labute approximate surface area is 174 Å². The second kappa shape index (κ2) is 8.34. The monoisotopic (exact) mass is 405 g/mol. The molecule has 0 atom stereocenters. The van der Waals surface area contributed by atoms with Gasteiger partial charge in [0.15, 0.2) is 5.78 Å². The molecule has 1 aromatic heterocycles. The van der Waals surface area contributed by atoms with Crippen LogP contribution >= 0.6 is 11.6 Å². The molecular formula is C23H20ClN3O2. The van der Waals surface area contributed by atoms with E-state index in [1.54, 1.807) is 48.0 Å². The van der Waals surface area contributed by atoms with Crippen LogP contribution in [0.4, 0.5) is 0 Å². The van der Waals surface area contributed by atoms with E-state index >= 15 is 0 Å². The minimum Gasteiger partial charge on any atom is -0.489 e. The molecule has 0 bridgehead atoms. The molecule has 0 saturated carbocycles. The number of ether oxygens (including phenoxy) is 1. The Kier molecular flexibility index (Phi) is 5.86. The lowest BCUT2D eigenvalue weighted by Gasteiger charge is -2.09. The molecule has 0 fully saturated rings. The molecule has 0 radical (unpaired) electrons. The number of nitriles is 1. The van der Waals surface area contributed by atoms with Crippen LogP contribution in [-0.2, 0) is 6.61 Å². The summed E-state index contributed by atoms with van der Waals surface area (Å²) in [6.45, 7) is 9.59. The standard InChI is InChI=1S/C23H20ClN3O2/c1-14(2)23(28)17-6-9-20(10-7-17)29-13-21-15(3)26-27(16(21)4)19-8-5-18(12-25)22(24)11-19/h5-11H,1,13H2,2-4H3. The quantitative estimate of drug-likeness (QED) is 0.409. The van der Waals surface area contributed by atoms with Gasteiger partial charge in [-0.25, -0.2) is 4.68 Å². The summed E-state index contributed by atoms with van der Waals surface area (Å²) in [5.74, 6) is 0.585. The molecule has 6 heteroatoms. The van der Waals surface area contributed by atoms with Crippen molar-refractivity contribution in [2.45, 2.75) is 27.4 Å². The normalized spacial score (nSPS) is 10.4. The van der Waals surface area contributed by atoms with E-state index < -0.39 is 0 Å². The van der Waals surface area contributed by atoms with Crippen molar-refractivity contribution in [3.8, 4) is 17.5 Å². The highest BCUT2D eigenvalue weighted by Crippen LogP contribution is 2.24. The van der Waals surface area contributed by atoms with Crippen LogP contribution in [0.5, 0.6) is 5.75 Å². The van der Waals surface area contributed by atoms with Gasteiger partial charge < -0.3 is 4.74 Å². The Morgan fingerprint density at radius 3 is 2.52 bits per heavy atom. The van der Waals surface area contributed by atoms with Crippen molar-refractivity contribution in [2.75, 3.05) is 0 Å². The van der Waals surface area contributed by atoms with Crippen molar-refractivity contribution < 1.29 is 9.53 Å². The third kappa shape index (κ3) is 4.23. The van der Waals surface area contributed by atoms with E-state index in [4.69, 9.17) is 21.6 Å². The fourth-order valence-corrected chi connectivity index (χ4v) is 3.18. The molecule has 0 saturated heterocycles. The van der Waals surface area contributed by atoms with Crippen molar-refractivity contribution in [2.24, 2.45) is 0 Å². The van der Waals surface area contributed by atoms with Crippen LogP contribution in [-0.4, -0.2) is 15.6 Å². The molecule has 0 N–H and O–H groups in total. The number of ketones is 1. The predicted molar refractivity (Wildman–Crippen MR) is 113 cm³/mol. The largest absolute Gasteiger partial charge is 0.489 e. The summed E-state index contributed by atoms with van der Waals surface area (Å²) in [6.07, 6.45) is 0. The molecule has 0 aliphatic rings. The molecule has 0 spiro atoms. The smallest absolute Gasteiger partial charge is 0.188 e. The Bertz CT molecular complexity index is 1140. The van der Waals surface area contributed by atoms with Gasteiger partial charge in [-0.05, 0) is 68.8 Å². The Morgan fingerprint density at radius 2 is 1.93 bits per heavy atom. The summed E-state index contributed by atoms with van der Waals surface area (Å²) >= 11 is 6.16. The number of hydrogen-bond acceptors (Lipinski definition) is 4. The number of Topliss-reactive ketones (excluding diaryl/α,β-unsaturated/α-hetero) is 1. The molecule has 3 rings (SSSR count). The van der Waals surface area contributed by atoms with Crippen molar-refractivity contribution in [3.63, 3.8) is 0 Å². The zero-order valence-electron chi connectivity index (χ0n) is 16.5. The molecule has 5 nitrogen and oxygen atoms in total. The maximum atomic E-state index is 11.9. The highest BCUT2D eigenvalue weighted by Gasteiger charge is 2.15. The number of rotatable bonds is 6. The number of hydrogen-bond donors (Lipinski definition) is 0. The molecule has 146 valence electrons. The number of halogens is 1. The van der Waals surface area contributed by atoms with Gasteiger partial charge in [0.05, 0.1) is 22.0 Å². The van der Waals surface area contributed by atoms with Gasteiger partial charge in [-0.2, -0.15) is 10.4 Å². The third-order valence-electron chi connectivity index (χ3n) is 4.65. The topological polar surface area (TPSA) is 67.9 Å². The number of carbonyl (C=O) groups excluding carboxylic acids is 1. The molecule has 0 aliphatic heterocycles. The van der Waals surface area contributed by atoms with Crippen LogP contribution in [0.1, 0.15) is 39.8 Å². The molecule has 29 heavy (non-hydrogen) atoms. The molecule has 3 aromatic rings. The van der Waals surface area contributed by atoms with Gasteiger partial charge in [0, 0.05) is 16.8 Å². The SMILES string of the molecule is C=C(C)C(=O)c1ccc(OCc2c(C)nn(-c3ccc(C#N)c(Cl)c3)c2C)cc1. The van der Waals surface area contributed by atoms with E-state index in [2.05, 4.69) is 17.7 Å². The summed E-state index contributed by atoms with van der Waals surface area (Å²) in [5, 5.41) is 14.0.